The normalized spacial score (nSPS) is 19.6. The van der Waals surface area contributed by atoms with Crippen molar-refractivity contribution in [1.82, 2.24) is 15.1 Å². The monoisotopic (exact) mass is 401 g/mol. The quantitative estimate of drug-likeness (QED) is 0.561. The zero-order chi connectivity index (χ0) is 21.0. The number of carbonyl (C=O) groups is 3. The summed E-state index contributed by atoms with van der Waals surface area (Å²) in [6.45, 7) is 9.54. The SMILES string of the molecule is CC(C)(C)OC(=O)NC[C@H]1CCN(CCCCN2C(=O)c3ccccc3C2=O)C1. The van der Waals surface area contributed by atoms with Crippen LogP contribution in [0, 0.1) is 5.92 Å². The van der Waals surface area contributed by atoms with E-state index in [0.29, 0.717) is 30.1 Å². The molecular formula is C22H31N3O4. The second kappa shape index (κ2) is 8.95. The van der Waals surface area contributed by atoms with Crippen LogP contribution in [-0.4, -0.2) is 66.0 Å². The van der Waals surface area contributed by atoms with Gasteiger partial charge in [-0.3, -0.25) is 14.5 Å². The van der Waals surface area contributed by atoms with E-state index in [2.05, 4.69) is 10.2 Å². The Morgan fingerprint density at radius 1 is 1.10 bits per heavy atom. The second-order valence-electron chi connectivity index (χ2n) is 8.85. The molecule has 1 aromatic carbocycles. The van der Waals surface area contributed by atoms with Gasteiger partial charge in [0.15, 0.2) is 0 Å². The Morgan fingerprint density at radius 2 is 1.72 bits per heavy atom. The summed E-state index contributed by atoms with van der Waals surface area (Å²) in [6.07, 6.45) is 2.41. The summed E-state index contributed by atoms with van der Waals surface area (Å²) in [7, 11) is 0. The maximum Gasteiger partial charge on any atom is 0.407 e. The van der Waals surface area contributed by atoms with Crippen LogP contribution in [0.15, 0.2) is 24.3 Å². The number of rotatable bonds is 7. The fraction of sp³-hybridized carbons (Fsp3) is 0.591. The number of benzene rings is 1. The van der Waals surface area contributed by atoms with Gasteiger partial charge in [-0.1, -0.05) is 12.1 Å². The van der Waals surface area contributed by atoms with Crippen molar-refractivity contribution < 1.29 is 19.1 Å². The first kappa shape index (κ1) is 21.3. The van der Waals surface area contributed by atoms with Crippen molar-refractivity contribution >= 4 is 17.9 Å². The molecule has 0 radical (unpaired) electrons. The van der Waals surface area contributed by atoms with E-state index >= 15 is 0 Å². The standard InChI is InChI=1S/C22H31N3O4/c1-22(2,3)29-21(28)23-14-16-10-13-24(15-16)11-6-7-12-25-19(26)17-8-4-5-9-18(17)20(25)27/h4-5,8-9,16H,6-7,10-15H2,1-3H3,(H,23,28)/t16-/m1/s1. The van der Waals surface area contributed by atoms with Gasteiger partial charge in [0.1, 0.15) is 5.60 Å². The predicted molar refractivity (Wildman–Crippen MR) is 110 cm³/mol. The first-order valence-corrected chi connectivity index (χ1v) is 10.4. The largest absolute Gasteiger partial charge is 0.444 e. The maximum atomic E-state index is 12.4. The number of alkyl carbamates (subject to hydrolysis) is 1. The third-order valence-electron chi connectivity index (χ3n) is 5.29. The summed E-state index contributed by atoms with van der Waals surface area (Å²) < 4.78 is 5.27. The molecule has 3 amide bonds. The highest BCUT2D eigenvalue weighted by molar-refractivity contribution is 6.21. The van der Waals surface area contributed by atoms with Crippen LogP contribution in [0.5, 0.6) is 0 Å². The Hall–Kier alpha value is -2.41. The number of imide groups is 1. The molecule has 1 N–H and O–H groups in total. The molecule has 3 rings (SSSR count). The van der Waals surface area contributed by atoms with Crippen molar-refractivity contribution in [3.63, 3.8) is 0 Å². The van der Waals surface area contributed by atoms with E-state index in [4.69, 9.17) is 4.74 Å². The van der Waals surface area contributed by atoms with Crippen LogP contribution in [0.4, 0.5) is 4.79 Å². The van der Waals surface area contributed by atoms with Crippen LogP contribution >= 0.6 is 0 Å². The van der Waals surface area contributed by atoms with Gasteiger partial charge in [0.2, 0.25) is 0 Å². The summed E-state index contributed by atoms with van der Waals surface area (Å²) in [5.41, 5.74) is 0.542. The zero-order valence-corrected chi connectivity index (χ0v) is 17.6. The van der Waals surface area contributed by atoms with E-state index < -0.39 is 5.60 Å². The van der Waals surface area contributed by atoms with Crippen LogP contribution in [0.2, 0.25) is 0 Å². The molecular weight excluding hydrogens is 370 g/mol. The van der Waals surface area contributed by atoms with E-state index in [0.717, 1.165) is 38.9 Å². The summed E-state index contributed by atoms with van der Waals surface area (Å²) in [6, 6.07) is 7.00. The van der Waals surface area contributed by atoms with E-state index in [1.165, 1.54) is 4.90 Å². The third kappa shape index (κ3) is 5.56. The lowest BCUT2D eigenvalue weighted by Crippen LogP contribution is -2.36. The van der Waals surface area contributed by atoms with Gasteiger partial charge in [-0.15, -0.1) is 0 Å². The first-order valence-electron chi connectivity index (χ1n) is 10.4. The number of hydrogen-bond acceptors (Lipinski definition) is 5. The Labute approximate surface area is 172 Å². The summed E-state index contributed by atoms with van der Waals surface area (Å²) >= 11 is 0. The smallest absolute Gasteiger partial charge is 0.407 e. The number of carbonyl (C=O) groups excluding carboxylic acids is 3. The summed E-state index contributed by atoms with van der Waals surface area (Å²) in [5, 5.41) is 2.86. The van der Waals surface area contributed by atoms with Crippen LogP contribution in [0.1, 0.15) is 60.7 Å². The van der Waals surface area contributed by atoms with E-state index in [1.807, 2.05) is 20.8 Å². The lowest BCUT2D eigenvalue weighted by atomic mass is 10.1. The molecule has 0 saturated carbocycles. The highest BCUT2D eigenvalue weighted by Gasteiger charge is 2.34. The summed E-state index contributed by atoms with van der Waals surface area (Å²) in [4.78, 5) is 40.2. The Balaban J connectivity index is 1.33. The fourth-order valence-corrected chi connectivity index (χ4v) is 3.87. The van der Waals surface area contributed by atoms with E-state index in [1.54, 1.807) is 24.3 Å². The van der Waals surface area contributed by atoms with Crippen molar-refractivity contribution in [2.75, 3.05) is 32.7 Å². The number of unbranched alkanes of at least 4 members (excludes halogenated alkanes) is 1. The number of hydrogen-bond donors (Lipinski definition) is 1. The second-order valence-corrected chi connectivity index (χ2v) is 8.85. The van der Waals surface area contributed by atoms with Crippen LogP contribution < -0.4 is 5.32 Å². The van der Waals surface area contributed by atoms with Gasteiger partial charge in [0.05, 0.1) is 11.1 Å². The number of likely N-dealkylation sites (tertiary alicyclic amines) is 1. The molecule has 2 heterocycles. The molecule has 1 atom stereocenters. The van der Waals surface area contributed by atoms with Crippen molar-refractivity contribution in [2.24, 2.45) is 5.92 Å². The lowest BCUT2D eigenvalue weighted by Gasteiger charge is -2.21. The van der Waals surface area contributed by atoms with E-state index in [9.17, 15) is 14.4 Å². The molecule has 7 nitrogen and oxygen atoms in total. The molecule has 2 aliphatic heterocycles. The Kier molecular flexibility index (Phi) is 6.57. The van der Waals surface area contributed by atoms with Crippen molar-refractivity contribution in [2.45, 2.75) is 45.6 Å². The van der Waals surface area contributed by atoms with Gasteiger partial charge in [-0.25, -0.2) is 4.79 Å². The minimum absolute atomic E-state index is 0.181. The van der Waals surface area contributed by atoms with Gasteiger partial charge in [0, 0.05) is 19.6 Å². The maximum absolute atomic E-state index is 12.4. The molecule has 0 aliphatic carbocycles. The topological polar surface area (TPSA) is 79.0 Å². The third-order valence-corrected chi connectivity index (χ3v) is 5.29. The summed E-state index contributed by atoms with van der Waals surface area (Å²) in [5.74, 6) is 0.0684. The Morgan fingerprint density at radius 3 is 2.34 bits per heavy atom. The molecule has 0 aromatic heterocycles. The number of fused-ring (bicyclic) bond motifs is 1. The molecule has 0 unspecified atom stereocenters. The van der Waals surface area contributed by atoms with Crippen molar-refractivity contribution in [3.05, 3.63) is 35.4 Å². The molecule has 29 heavy (non-hydrogen) atoms. The molecule has 1 aromatic rings. The number of nitrogens with one attached hydrogen (secondary N) is 1. The van der Waals surface area contributed by atoms with E-state index in [-0.39, 0.29) is 17.9 Å². The number of ether oxygens (including phenoxy) is 1. The first-order chi connectivity index (χ1) is 13.7. The molecule has 0 bridgehead atoms. The molecule has 7 heteroatoms. The average Bonchev–Trinajstić information content (AvgIpc) is 3.20. The minimum atomic E-state index is -0.481. The fourth-order valence-electron chi connectivity index (χ4n) is 3.87. The van der Waals surface area contributed by atoms with Crippen LogP contribution in [-0.2, 0) is 4.74 Å². The number of nitrogens with zero attached hydrogens (tertiary/aromatic N) is 2. The molecule has 1 fully saturated rings. The van der Waals surface area contributed by atoms with Crippen LogP contribution in [0.3, 0.4) is 0 Å². The molecule has 0 spiro atoms. The zero-order valence-electron chi connectivity index (χ0n) is 17.6. The van der Waals surface area contributed by atoms with Gasteiger partial charge in [-0.2, -0.15) is 0 Å². The van der Waals surface area contributed by atoms with Gasteiger partial charge in [-0.05, 0) is 71.2 Å². The average molecular weight is 402 g/mol. The highest BCUT2D eigenvalue weighted by Crippen LogP contribution is 2.23. The van der Waals surface area contributed by atoms with Crippen molar-refractivity contribution in [3.8, 4) is 0 Å². The predicted octanol–water partition coefficient (Wildman–Crippen LogP) is 2.91. The van der Waals surface area contributed by atoms with Gasteiger partial charge < -0.3 is 15.0 Å². The van der Waals surface area contributed by atoms with Gasteiger partial charge >= 0.3 is 6.09 Å². The number of amides is 3. The lowest BCUT2D eigenvalue weighted by molar-refractivity contribution is 0.0518. The molecule has 158 valence electrons. The van der Waals surface area contributed by atoms with Crippen LogP contribution in [0.25, 0.3) is 0 Å². The Bertz CT molecular complexity index is 737. The molecule has 2 aliphatic rings. The van der Waals surface area contributed by atoms with Crippen molar-refractivity contribution in [1.29, 1.82) is 0 Å². The highest BCUT2D eigenvalue weighted by atomic mass is 16.6. The molecule has 1 saturated heterocycles. The van der Waals surface area contributed by atoms with Gasteiger partial charge in [0.25, 0.3) is 11.8 Å². The minimum Gasteiger partial charge on any atom is -0.444 e.